The number of fused-ring (bicyclic) bond motifs is 2. The van der Waals surface area contributed by atoms with Gasteiger partial charge in [-0.1, -0.05) is 39.0 Å². The Morgan fingerprint density at radius 3 is 1.82 bits per heavy atom. The highest BCUT2D eigenvalue weighted by Gasteiger charge is 2.22. The Kier molecular flexibility index (Phi) is 9.25. The summed E-state index contributed by atoms with van der Waals surface area (Å²) in [7, 11) is 0. The first-order chi connectivity index (χ1) is 19.2. The summed E-state index contributed by atoms with van der Waals surface area (Å²) in [5.41, 5.74) is 6.80. The lowest BCUT2D eigenvalue weighted by Gasteiger charge is -2.28. The molecule has 0 aliphatic heterocycles. The highest BCUT2D eigenvalue weighted by atomic mass is 32.1. The molecule has 0 saturated heterocycles. The van der Waals surface area contributed by atoms with Crippen molar-refractivity contribution in [2.24, 2.45) is 11.8 Å². The molecule has 2 aliphatic carbocycles. The second-order valence-electron chi connectivity index (χ2n) is 12.6. The average molecular weight is 579 g/mol. The van der Waals surface area contributed by atoms with E-state index >= 15 is 0 Å². The molecule has 2 aliphatic rings. The molecular formula is C32H46N6S2. The van der Waals surface area contributed by atoms with Crippen molar-refractivity contribution in [3.05, 3.63) is 34.2 Å². The fourth-order valence-electron chi connectivity index (χ4n) is 6.10. The maximum Gasteiger partial charge on any atom is 0.146 e. The first kappa shape index (κ1) is 29.2. The number of rotatable bonds is 5. The zero-order valence-electron chi connectivity index (χ0n) is 25.3. The minimum atomic E-state index is 0.440. The van der Waals surface area contributed by atoms with Crippen LogP contribution >= 0.6 is 22.9 Å². The van der Waals surface area contributed by atoms with Crippen LogP contribution in [0.25, 0.3) is 20.6 Å². The molecule has 4 aromatic heterocycles. The van der Waals surface area contributed by atoms with Crippen LogP contribution in [0.1, 0.15) is 107 Å². The van der Waals surface area contributed by atoms with Crippen molar-refractivity contribution < 1.29 is 0 Å². The molecule has 0 aromatic carbocycles. The predicted octanol–water partition coefficient (Wildman–Crippen LogP) is 9.41. The standard InChI is InChI=1S/C17H25N3S.C15H21N3S/c1-10(2)16-15-14(9-12(4)18-17(15)21-20-16)19-13-7-5-11(3)6-8-13;1-9-4-6-12(7-5-9)18-13-8-10(2)16-15-14(13)17-11(3)19-15/h9-11,13H,5-8H2,1-4H3,(H,18,19);8-9,12H,4-7H2,1-3H3,(H,16,18). The van der Waals surface area contributed by atoms with Gasteiger partial charge >= 0.3 is 0 Å². The smallest absolute Gasteiger partial charge is 0.146 e. The summed E-state index contributed by atoms with van der Waals surface area (Å²) in [4.78, 5) is 16.0. The topological polar surface area (TPSA) is 75.6 Å². The van der Waals surface area contributed by atoms with Gasteiger partial charge < -0.3 is 10.6 Å². The first-order valence-corrected chi connectivity index (χ1v) is 16.8. The van der Waals surface area contributed by atoms with Gasteiger partial charge in [-0.15, -0.1) is 0 Å². The Morgan fingerprint density at radius 2 is 1.25 bits per heavy atom. The van der Waals surface area contributed by atoms with Crippen molar-refractivity contribution in [1.82, 2.24) is 19.3 Å². The van der Waals surface area contributed by atoms with Crippen LogP contribution in [-0.4, -0.2) is 31.4 Å². The monoisotopic (exact) mass is 578 g/mol. The van der Waals surface area contributed by atoms with Crippen molar-refractivity contribution in [2.75, 3.05) is 10.6 Å². The summed E-state index contributed by atoms with van der Waals surface area (Å²) in [6.45, 7) is 15.3. The zero-order chi connectivity index (χ0) is 28.4. The minimum absolute atomic E-state index is 0.440. The third-order valence-corrected chi connectivity index (χ3v) is 10.1. The number of hydrogen-bond donors (Lipinski definition) is 2. The van der Waals surface area contributed by atoms with Gasteiger partial charge in [0.25, 0.3) is 0 Å². The molecule has 2 saturated carbocycles. The van der Waals surface area contributed by atoms with E-state index in [0.717, 1.165) is 43.4 Å². The molecule has 8 heteroatoms. The van der Waals surface area contributed by atoms with Crippen molar-refractivity contribution in [1.29, 1.82) is 0 Å². The molecule has 0 unspecified atom stereocenters. The third kappa shape index (κ3) is 6.93. The Bertz CT molecular complexity index is 1420. The van der Waals surface area contributed by atoms with Gasteiger partial charge in [-0.3, -0.25) is 0 Å². The van der Waals surface area contributed by atoms with E-state index in [2.05, 4.69) is 83.6 Å². The van der Waals surface area contributed by atoms with Gasteiger partial charge in [-0.2, -0.15) is 4.37 Å². The summed E-state index contributed by atoms with van der Waals surface area (Å²) >= 11 is 3.21. The number of aryl methyl sites for hydroxylation is 3. The number of nitrogens with zero attached hydrogens (tertiary/aromatic N) is 4. The van der Waals surface area contributed by atoms with Crippen LogP contribution < -0.4 is 10.6 Å². The number of thiazole rings is 1. The Hall–Kier alpha value is -2.32. The van der Waals surface area contributed by atoms with E-state index in [-0.39, 0.29) is 0 Å². The zero-order valence-corrected chi connectivity index (χ0v) is 26.9. The lowest BCUT2D eigenvalue weighted by atomic mass is 9.87. The van der Waals surface area contributed by atoms with Crippen LogP contribution in [0, 0.1) is 32.6 Å². The molecule has 4 aromatic rings. The number of nitrogens with one attached hydrogen (secondary N) is 2. The van der Waals surface area contributed by atoms with E-state index in [1.165, 1.54) is 85.4 Å². The van der Waals surface area contributed by atoms with Crippen LogP contribution in [0.3, 0.4) is 0 Å². The largest absolute Gasteiger partial charge is 0.382 e. The third-order valence-electron chi connectivity index (χ3n) is 8.50. The quantitative estimate of drug-likeness (QED) is 0.246. The number of anilines is 2. The van der Waals surface area contributed by atoms with Gasteiger partial charge in [0.2, 0.25) is 0 Å². The molecule has 0 amide bonds. The van der Waals surface area contributed by atoms with E-state index in [9.17, 15) is 0 Å². The van der Waals surface area contributed by atoms with Crippen LogP contribution in [0.15, 0.2) is 12.1 Å². The van der Waals surface area contributed by atoms with E-state index in [0.29, 0.717) is 18.0 Å². The molecule has 2 fully saturated rings. The predicted molar refractivity (Wildman–Crippen MR) is 173 cm³/mol. The highest BCUT2D eigenvalue weighted by Crippen LogP contribution is 2.35. The second kappa shape index (κ2) is 12.7. The highest BCUT2D eigenvalue weighted by molar-refractivity contribution is 7.18. The van der Waals surface area contributed by atoms with Gasteiger partial charge in [0, 0.05) is 29.2 Å². The van der Waals surface area contributed by atoms with Crippen LogP contribution in [0.2, 0.25) is 0 Å². The van der Waals surface area contributed by atoms with E-state index < -0.39 is 0 Å². The van der Waals surface area contributed by atoms with Gasteiger partial charge in [0.15, 0.2) is 0 Å². The molecule has 216 valence electrons. The molecule has 0 bridgehead atoms. The van der Waals surface area contributed by atoms with E-state index in [1.807, 2.05) is 6.92 Å². The summed E-state index contributed by atoms with van der Waals surface area (Å²) in [5.74, 6) is 2.21. The summed E-state index contributed by atoms with van der Waals surface area (Å²) < 4.78 is 4.64. The maximum atomic E-state index is 4.66. The van der Waals surface area contributed by atoms with Gasteiger partial charge in [-0.05, 0) is 114 Å². The van der Waals surface area contributed by atoms with Crippen molar-refractivity contribution in [3.63, 3.8) is 0 Å². The van der Waals surface area contributed by atoms with Crippen LogP contribution in [0.4, 0.5) is 11.4 Å². The van der Waals surface area contributed by atoms with E-state index in [1.54, 1.807) is 11.3 Å². The van der Waals surface area contributed by atoms with E-state index in [4.69, 9.17) is 0 Å². The minimum Gasteiger partial charge on any atom is -0.382 e. The number of aromatic nitrogens is 4. The molecule has 6 nitrogen and oxygen atoms in total. The SMILES string of the molecule is Cc1cc(NC2CCC(C)CC2)c2c(C(C)C)nsc2n1.Cc1cc(NC2CCC(C)CC2)c2nc(C)sc2n1. The molecule has 0 atom stereocenters. The van der Waals surface area contributed by atoms with Crippen molar-refractivity contribution in [3.8, 4) is 0 Å². The molecular weight excluding hydrogens is 533 g/mol. The molecule has 0 radical (unpaired) electrons. The summed E-state index contributed by atoms with van der Waals surface area (Å²) in [5, 5.41) is 9.84. The van der Waals surface area contributed by atoms with Crippen molar-refractivity contribution in [2.45, 2.75) is 118 Å². The van der Waals surface area contributed by atoms with Gasteiger partial charge in [0.05, 0.1) is 21.8 Å². The Morgan fingerprint density at radius 1 is 0.725 bits per heavy atom. The Balaban J connectivity index is 0.000000162. The fourth-order valence-corrected chi connectivity index (χ4v) is 7.94. The average Bonchev–Trinajstić information content (AvgIpc) is 3.50. The molecule has 2 N–H and O–H groups in total. The Labute approximate surface area is 248 Å². The summed E-state index contributed by atoms with van der Waals surface area (Å²) in [6.07, 6.45) is 10.4. The van der Waals surface area contributed by atoms with Gasteiger partial charge in [0.1, 0.15) is 15.2 Å². The first-order valence-electron chi connectivity index (χ1n) is 15.2. The number of hydrogen-bond acceptors (Lipinski definition) is 8. The number of pyridine rings is 2. The van der Waals surface area contributed by atoms with Gasteiger partial charge in [-0.25, -0.2) is 15.0 Å². The second-order valence-corrected chi connectivity index (χ2v) is 14.5. The molecule has 6 rings (SSSR count). The van der Waals surface area contributed by atoms with Crippen LogP contribution in [-0.2, 0) is 0 Å². The van der Waals surface area contributed by atoms with Crippen molar-refractivity contribution >= 4 is 54.8 Å². The maximum absolute atomic E-state index is 4.66. The molecule has 4 heterocycles. The lowest BCUT2D eigenvalue weighted by molar-refractivity contribution is 0.361. The lowest BCUT2D eigenvalue weighted by Crippen LogP contribution is -2.25. The van der Waals surface area contributed by atoms with Crippen LogP contribution in [0.5, 0.6) is 0 Å². The normalized spacial score (nSPS) is 23.3. The molecule has 0 spiro atoms. The molecule has 40 heavy (non-hydrogen) atoms. The summed E-state index contributed by atoms with van der Waals surface area (Å²) in [6, 6.07) is 5.54. The fraction of sp³-hybridized carbons (Fsp3) is 0.625.